The number of piperidine rings is 1. The van der Waals surface area contributed by atoms with Gasteiger partial charge >= 0.3 is 12.2 Å². The van der Waals surface area contributed by atoms with Gasteiger partial charge in [-0.25, -0.2) is 19.7 Å². The molecule has 38 heavy (non-hydrogen) atoms. The molecule has 0 saturated carbocycles. The molecule has 200 valence electrons. The first-order valence-corrected chi connectivity index (χ1v) is 12.0. The quantitative estimate of drug-likeness (QED) is 0.444. The standard InChI is InChI=1S/C25H25F3N6O4/c26-25(27,28)16-4-1-3-15(9-16)22-30-11-20-23(32-22)34(17-5-2-8-33(20)12-17)24(37)31-21-10-19(6-7-29-21)38-14-18(36)13-35/h1,3-4,6-7,9-11,17-18,35-36H,2,5,8,12-14H2,(H,29,31,37)/t17?,18-/m0/s1. The van der Waals surface area contributed by atoms with Crippen LogP contribution >= 0.6 is 0 Å². The van der Waals surface area contributed by atoms with Crippen LogP contribution in [0.4, 0.5) is 35.3 Å². The zero-order valence-corrected chi connectivity index (χ0v) is 20.1. The van der Waals surface area contributed by atoms with E-state index in [2.05, 4.69) is 25.2 Å². The molecule has 10 nitrogen and oxygen atoms in total. The molecule has 5 rings (SSSR count). The molecule has 0 aliphatic carbocycles. The van der Waals surface area contributed by atoms with Gasteiger partial charge < -0.3 is 19.8 Å². The molecule has 1 saturated heterocycles. The molecule has 2 bridgehead atoms. The number of carbonyl (C=O) groups is 1. The Kier molecular flexibility index (Phi) is 7.04. The van der Waals surface area contributed by atoms with Gasteiger partial charge in [-0.3, -0.25) is 10.2 Å². The first kappa shape index (κ1) is 25.7. The normalized spacial score (nSPS) is 17.6. The highest BCUT2D eigenvalue weighted by atomic mass is 19.4. The second kappa shape index (κ2) is 10.4. The Morgan fingerprint density at radius 1 is 1.24 bits per heavy atom. The van der Waals surface area contributed by atoms with Crippen LogP contribution in [0.1, 0.15) is 18.4 Å². The number of fused-ring (bicyclic) bond motifs is 4. The fourth-order valence-corrected chi connectivity index (χ4v) is 4.54. The fourth-order valence-electron chi connectivity index (χ4n) is 4.54. The van der Waals surface area contributed by atoms with E-state index >= 15 is 0 Å². The number of aromatic nitrogens is 3. The molecule has 1 unspecified atom stereocenters. The Labute approximate surface area is 215 Å². The monoisotopic (exact) mass is 530 g/mol. The minimum Gasteiger partial charge on any atom is -0.491 e. The fraction of sp³-hybridized carbons (Fsp3) is 0.360. The number of hydrogen-bond acceptors (Lipinski definition) is 8. The number of aliphatic hydroxyl groups excluding tert-OH is 2. The van der Waals surface area contributed by atoms with Crippen molar-refractivity contribution in [3.05, 3.63) is 54.4 Å². The summed E-state index contributed by atoms with van der Waals surface area (Å²) in [6.45, 7) is 0.737. The maximum Gasteiger partial charge on any atom is 0.416 e. The van der Waals surface area contributed by atoms with Gasteiger partial charge in [-0.1, -0.05) is 12.1 Å². The summed E-state index contributed by atoms with van der Waals surface area (Å²) in [5.41, 5.74) is -0.00798. The lowest BCUT2D eigenvalue weighted by atomic mass is 10.0. The smallest absolute Gasteiger partial charge is 0.416 e. The molecule has 2 aliphatic rings. The van der Waals surface area contributed by atoms with E-state index < -0.39 is 30.5 Å². The van der Waals surface area contributed by atoms with Crippen molar-refractivity contribution in [1.29, 1.82) is 0 Å². The summed E-state index contributed by atoms with van der Waals surface area (Å²) < 4.78 is 45.2. The second-order valence-corrected chi connectivity index (χ2v) is 9.05. The number of halogens is 3. The number of alkyl halides is 3. The number of hydrogen-bond donors (Lipinski definition) is 3. The third kappa shape index (κ3) is 5.34. The Hall–Kier alpha value is -3.97. The third-order valence-corrected chi connectivity index (χ3v) is 6.37. The minimum atomic E-state index is -4.51. The second-order valence-electron chi connectivity index (χ2n) is 9.05. The number of amides is 2. The first-order valence-electron chi connectivity index (χ1n) is 12.0. The number of rotatable bonds is 6. The maximum absolute atomic E-state index is 13.5. The average molecular weight is 531 g/mol. The summed E-state index contributed by atoms with van der Waals surface area (Å²) in [6.07, 6.45) is -1.03. The molecule has 2 atom stereocenters. The Morgan fingerprint density at radius 3 is 2.87 bits per heavy atom. The molecule has 2 aliphatic heterocycles. The van der Waals surface area contributed by atoms with Crippen LogP contribution in [0.2, 0.25) is 0 Å². The molecule has 13 heteroatoms. The summed E-state index contributed by atoms with van der Waals surface area (Å²) >= 11 is 0. The largest absolute Gasteiger partial charge is 0.491 e. The van der Waals surface area contributed by atoms with Crippen LogP contribution in [0, 0.1) is 0 Å². The van der Waals surface area contributed by atoms with Gasteiger partial charge in [-0.2, -0.15) is 13.2 Å². The van der Waals surface area contributed by atoms with Crippen molar-refractivity contribution in [2.45, 2.75) is 31.2 Å². The highest BCUT2D eigenvalue weighted by Crippen LogP contribution is 2.39. The number of ether oxygens (including phenoxy) is 1. The van der Waals surface area contributed by atoms with Gasteiger partial charge in [0.1, 0.15) is 24.3 Å². The first-order chi connectivity index (χ1) is 18.2. The highest BCUT2D eigenvalue weighted by Gasteiger charge is 2.39. The van der Waals surface area contributed by atoms with E-state index in [0.29, 0.717) is 23.8 Å². The van der Waals surface area contributed by atoms with E-state index in [1.807, 2.05) is 0 Å². The van der Waals surface area contributed by atoms with E-state index in [4.69, 9.17) is 9.84 Å². The summed E-state index contributed by atoms with van der Waals surface area (Å²) in [5.74, 6) is 0.905. The van der Waals surface area contributed by atoms with E-state index in [0.717, 1.165) is 31.5 Å². The maximum atomic E-state index is 13.5. The van der Waals surface area contributed by atoms with Gasteiger partial charge in [0.2, 0.25) is 0 Å². The molecule has 0 spiro atoms. The number of nitrogens with zero attached hydrogens (tertiary/aromatic N) is 5. The van der Waals surface area contributed by atoms with Crippen molar-refractivity contribution in [2.24, 2.45) is 0 Å². The molecule has 2 amide bonds. The van der Waals surface area contributed by atoms with Crippen LogP contribution in [0.15, 0.2) is 48.8 Å². The summed E-state index contributed by atoms with van der Waals surface area (Å²) in [7, 11) is 0. The molecule has 3 aromatic rings. The summed E-state index contributed by atoms with van der Waals surface area (Å²) in [4.78, 5) is 30.1. The Bertz CT molecular complexity index is 1320. The number of pyridine rings is 1. The third-order valence-electron chi connectivity index (χ3n) is 6.37. The van der Waals surface area contributed by atoms with E-state index in [1.165, 1.54) is 29.3 Å². The van der Waals surface area contributed by atoms with Gasteiger partial charge in [0, 0.05) is 30.9 Å². The average Bonchev–Trinajstić information content (AvgIpc) is 2.91. The van der Waals surface area contributed by atoms with Crippen LogP contribution in [0.5, 0.6) is 5.75 Å². The van der Waals surface area contributed by atoms with Crippen molar-refractivity contribution in [2.75, 3.05) is 41.4 Å². The number of urea groups is 1. The molecule has 1 fully saturated rings. The lowest BCUT2D eigenvalue weighted by molar-refractivity contribution is -0.137. The van der Waals surface area contributed by atoms with Gasteiger partial charge in [0.25, 0.3) is 0 Å². The predicted octanol–water partition coefficient (Wildman–Crippen LogP) is 3.31. The molecule has 0 radical (unpaired) electrons. The van der Waals surface area contributed by atoms with Crippen molar-refractivity contribution < 1.29 is 32.9 Å². The number of aliphatic hydroxyl groups is 2. The lowest BCUT2D eigenvalue weighted by Gasteiger charge is -2.45. The minimum absolute atomic E-state index is 0.0739. The highest BCUT2D eigenvalue weighted by molar-refractivity contribution is 6.04. The van der Waals surface area contributed by atoms with Crippen molar-refractivity contribution in [3.8, 4) is 17.1 Å². The van der Waals surface area contributed by atoms with Crippen molar-refractivity contribution >= 4 is 23.4 Å². The molecular formula is C25H25F3N6O4. The van der Waals surface area contributed by atoms with Gasteiger partial charge in [0.05, 0.1) is 30.1 Å². The summed E-state index contributed by atoms with van der Waals surface area (Å²) in [5, 5.41) is 21.2. The van der Waals surface area contributed by atoms with E-state index in [9.17, 15) is 23.1 Å². The van der Waals surface area contributed by atoms with Crippen LogP contribution in [0.3, 0.4) is 0 Å². The van der Waals surface area contributed by atoms with E-state index in [-0.39, 0.29) is 29.9 Å². The van der Waals surface area contributed by atoms with Gasteiger partial charge in [0.15, 0.2) is 11.6 Å². The van der Waals surface area contributed by atoms with Crippen molar-refractivity contribution in [3.63, 3.8) is 0 Å². The zero-order valence-electron chi connectivity index (χ0n) is 20.1. The number of nitrogens with one attached hydrogen (secondary N) is 1. The van der Waals surface area contributed by atoms with Crippen molar-refractivity contribution in [1.82, 2.24) is 15.0 Å². The molecular weight excluding hydrogens is 505 g/mol. The Balaban J connectivity index is 1.44. The molecule has 1 aromatic carbocycles. The van der Waals surface area contributed by atoms with Gasteiger partial charge in [-0.05, 0) is 31.0 Å². The molecule has 2 aromatic heterocycles. The summed E-state index contributed by atoms with van der Waals surface area (Å²) in [6, 6.07) is 7.06. The lowest BCUT2D eigenvalue weighted by Crippen LogP contribution is -2.56. The topological polar surface area (TPSA) is 124 Å². The molecule has 4 heterocycles. The van der Waals surface area contributed by atoms with Crippen LogP contribution in [-0.4, -0.2) is 69.6 Å². The molecule has 3 N–H and O–H groups in total. The Morgan fingerprint density at radius 2 is 2.08 bits per heavy atom. The number of carbonyl (C=O) groups excluding carboxylic acids is 1. The van der Waals surface area contributed by atoms with E-state index in [1.54, 1.807) is 12.3 Å². The zero-order chi connectivity index (χ0) is 26.9. The SMILES string of the molecule is O=C(Nc1cc(OC[C@@H](O)CO)ccn1)N1c2nc(-c3cccc(C(F)(F)F)c3)ncc2N2CCCC1C2. The van der Waals surface area contributed by atoms with Gasteiger partial charge in [-0.15, -0.1) is 0 Å². The van der Waals surface area contributed by atoms with Crippen LogP contribution in [-0.2, 0) is 6.18 Å². The van der Waals surface area contributed by atoms with Crippen LogP contribution in [0.25, 0.3) is 11.4 Å². The number of benzene rings is 1. The number of anilines is 3. The van der Waals surface area contributed by atoms with Crippen LogP contribution < -0.4 is 19.9 Å². The predicted molar refractivity (Wildman–Crippen MR) is 132 cm³/mol.